The molecule has 0 unspecified atom stereocenters. The Labute approximate surface area is 119 Å². The standard InChI is InChI=1S/C17H17N3/c1-12-7-8-17(20-16(12)11-18)19-15-9-14(10-15)13-5-3-2-4-6-13/h2-8,14-15H,9-10H2,1H3,(H,19,20). The number of benzene rings is 1. The summed E-state index contributed by atoms with van der Waals surface area (Å²) < 4.78 is 0. The fraction of sp³-hybridized carbons (Fsp3) is 0.294. The molecule has 3 heteroatoms. The van der Waals surface area contributed by atoms with E-state index in [9.17, 15) is 0 Å². The monoisotopic (exact) mass is 263 g/mol. The SMILES string of the molecule is Cc1ccc(NC2CC(c3ccccc3)C2)nc1C#N. The number of nitrogens with zero attached hydrogens (tertiary/aromatic N) is 2. The van der Waals surface area contributed by atoms with E-state index in [2.05, 4.69) is 46.7 Å². The van der Waals surface area contributed by atoms with Crippen molar-refractivity contribution in [3.63, 3.8) is 0 Å². The third kappa shape index (κ3) is 2.50. The molecule has 0 saturated heterocycles. The summed E-state index contributed by atoms with van der Waals surface area (Å²) in [4.78, 5) is 4.34. The summed E-state index contributed by atoms with van der Waals surface area (Å²) >= 11 is 0. The Hall–Kier alpha value is -2.34. The van der Waals surface area contributed by atoms with Crippen molar-refractivity contribution in [3.05, 3.63) is 59.3 Å². The zero-order chi connectivity index (χ0) is 13.9. The van der Waals surface area contributed by atoms with Crippen molar-refractivity contribution in [2.75, 3.05) is 5.32 Å². The average molecular weight is 263 g/mol. The Morgan fingerprint density at radius 2 is 1.90 bits per heavy atom. The lowest BCUT2D eigenvalue weighted by Gasteiger charge is -2.36. The van der Waals surface area contributed by atoms with E-state index in [4.69, 9.17) is 5.26 Å². The van der Waals surface area contributed by atoms with Crippen LogP contribution >= 0.6 is 0 Å². The maximum absolute atomic E-state index is 9.00. The highest BCUT2D eigenvalue weighted by molar-refractivity contribution is 5.44. The molecule has 3 rings (SSSR count). The summed E-state index contributed by atoms with van der Waals surface area (Å²) in [6.07, 6.45) is 2.25. The van der Waals surface area contributed by atoms with Gasteiger partial charge >= 0.3 is 0 Å². The van der Waals surface area contributed by atoms with Gasteiger partial charge in [0.1, 0.15) is 17.6 Å². The topological polar surface area (TPSA) is 48.7 Å². The summed E-state index contributed by atoms with van der Waals surface area (Å²) in [7, 11) is 0. The minimum atomic E-state index is 0.460. The van der Waals surface area contributed by atoms with Crippen LogP contribution in [-0.2, 0) is 0 Å². The van der Waals surface area contributed by atoms with Crippen molar-refractivity contribution in [1.82, 2.24) is 4.98 Å². The Morgan fingerprint density at radius 3 is 2.60 bits per heavy atom. The van der Waals surface area contributed by atoms with E-state index in [0.717, 1.165) is 24.2 Å². The molecule has 2 aromatic rings. The van der Waals surface area contributed by atoms with E-state index in [-0.39, 0.29) is 0 Å². The van der Waals surface area contributed by atoms with E-state index in [1.807, 2.05) is 19.1 Å². The number of rotatable bonds is 3. The predicted molar refractivity (Wildman–Crippen MR) is 79.5 cm³/mol. The molecule has 0 amide bonds. The van der Waals surface area contributed by atoms with Gasteiger partial charge in [-0.25, -0.2) is 4.98 Å². The second-order valence-corrected chi connectivity index (χ2v) is 5.39. The first-order valence-corrected chi connectivity index (χ1v) is 6.95. The molecule has 0 spiro atoms. The Kier molecular flexibility index (Phi) is 3.39. The number of nitrogens with one attached hydrogen (secondary N) is 1. The molecule has 3 nitrogen and oxygen atoms in total. The van der Waals surface area contributed by atoms with Crippen LogP contribution in [0.15, 0.2) is 42.5 Å². The van der Waals surface area contributed by atoms with Gasteiger partial charge in [0.05, 0.1) is 0 Å². The minimum absolute atomic E-state index is 0.460. The summed E-state index contributed by atoms with van der Waals surface area (Å²) in [5, 5.41) is 12.4. The zero-order valence-corrected chi connectivity index (χ0v) is 11.5. The van der Waals surface area contributed by atoms with Gasteiger partial charge in [0.2, 0.25) is 0 Å². The molecule has 0 bridgehead atoms. The quantitative estimate of drug-likeness (QED) is 0.920. The van der Waals surface area contributed by atoms with E-state index in [1.54, 1.807) is 0 Å². The number of aromatic nitrogens is 1. The molecule has 0 atom stereocenters. The third-order valence-electron chi connectivity index (χ3n) is 3.96. The van der Waals surface area contributed by atoms with Crippen LogP contribution in [0.3, 0.4) is 0 Å². The van der Waals surface area contributed by atoms with Gasteiger partial charge in [0.25, 0.3) is 0 Å². The van der Waals surface area contributed by atoms with Crippen molar-refractivity contribution in [3.8, 4) is 6.07 Å². The van der Waals surface area contributed by atoms with Crippen LogP contribution in [-0.4, -0.2) is 11.0 Å². The molecule has 1 heterocycles. The van der Waals surface area contributed by atoms with Crippen LogP contribution in [0.1, 0.15) is 35.6 Å². The number of hydrogen-bond acceptors (Lipinski definition) is 3. The summed E-state index contributed by atoms with van der Waals surface area (Å²) in [5.41, 5.74) is 2.85. The first-order valence-electron chi connectivity index (χ1n) is 6.95. The van der Waals surface area contributed by atoms with Crippen LogP contribution < -0.4 is 5.32 Å². The van der Waals surface area contributed by atoms with E-state index < -0.39 is 0 Å². The molecule has 1 N–H and O–H groups in total. The van der Waals surface area contributed by atoms with Crippen molar-refractivity contribution in [2.45, 2.75) is 31.7 Å². The fourth-order valence-corrected chi connectivity index (χ4v) is 2.66. The van der Waals surface area contributed by atoms with Gasteiger partial charge in [-0.05, 0) is 42.9 Å². The predicted octanol–water partition coefficient (Wildman–Crippen LogP) is 3.62. The molecule has 1 aliphatic carbocycles. The first kappa shape index (κ1) is 12.7. The molecule has 1 aromatic carbocycles. The maximum Gasteiger partial charge on any atom is 0.145 e. The van der Waals surface area contributed by atoms with Crippen molar-refractivity contribution in [2.24, 2.45) is 0 Å². The van der Waals surface area contributed by atoms with Gasteiger partial charge in [0, 0.05) is 6.04 Å². The number of anilines is 1. The normalized spacial score (nSPS) is 20.8. The summed E-state index contributed by atoms with van der Waals surface area (Å²) in [5.74, 6) is 1.46. The average Bonchev–Trinajstić information content (AvgIpc) is 2.45. The minimum Gasteiger partial charge on any atom is -0.367 e. The fourth-order valence-electron chi connectivity index (χ4n) is 2.66. The van der Waals surface area contributed by atoms with Gasteiger partial charge in [-0.3, -0.25) is 0 Å². The van der Waals surface area contributed by atoms with Gasteiger partial charge < -0.3 is 5.32 Å². The molecule has 1 aromatic heterocycles. The second kappa shape index (κ2) is 5.34. The van der Waals surface area contributed by atoms with Crippen LogP contribution in [0.4, 0.5) is 5.82 Å². The van der Waals surface area contributed by atoms with E-state index in [1.165, 1.54) is 5.56 Å². The number of pyridine rings is 1. The summed E-state index contributed by atoms with van der Waals surface area (Å²) in [6, 6.07) is 17.1. The lowest BCUT2D eigenvalue weighted by atomic mass is 9.76. The van der Waals surface area contributed by atoms with E-state index in [0.29, 0.717) is 17.7 Å². The molecule has 1 saturated carbocycles. The lowest BCUT2D eigenvalue weighted by molar-refractivity contribution is 0.373. The zero-order valence-electron chi connectivity index (χ0n) is 11.5. The Bertz CT molecular complexity index is 637. The highest BCUT2D eigenvalue weighted by Gasteiger charge is 2.30. The van der Waals surface area contributed by atoms with Gasteiger partial charge in [-0.2, -0.15) is 5.26 Å². The van der Waals surface area contributed by atoms with Crippen LogP contribution in [0.2, 0.25) is 0 Å². The van der Waals surface area contributed by atoms with Crippen LogP contribution in [0, 0.1) is 18.3 Å². The Balaban J connectivity index is 1.61. The molecular weight excluding hydrogens is 246 g/mol. The molecule has 1 aliphatic rings. The highest BCUT2D eigenvalue weighted by atomic mass is 15.0. The molecular formula is C17H17N3. The second-order valence-electron chi connectivity index (χ2n) is 5.39. The van der Waals surface area contributed by atoms with Gasteiger partial charge in [0.15, 0.2) is 0 Å². The molecule has 1 fully saturated rings. The number of aryl methyl sites for hydroxylation is 1. The molecule has 20 heavy (non-hydrogen) atoms. The van der Waals surface area contributed by atoms with Crippen molar-refractivity contribution in [1.29, 1.82) is 5.26 Å². The number of hydrogen-bond donors (Lipinski definition) is 1. The maximum atomic E-state index is 9.00. The lowest BCUT2D eigenvalue weighted by Crippen LogP contribution is -2.34. The summed E-state index contributed by atoms with van der Waals surface area (Å²) in [6.45, 7) is 1.91. The number of nitriles is 1. The van der Waals surface area contributed by atoms with Crippen LogP contribution in [0.5, 0.6) is 0 Å². The first-order chi connectivity index (χ1) is 9.76. The largest absolute Gasteiger partial charge is 0.367 e. The smallest absolute Gasteiger partial charge is 0.145 e. The molecule has 0 aliphatic heterocycles. The highest BCUT2D eigenvalue weighted by Crippen LogP contribution is 2.38. The molecule has 0 radical (unpaired) electrons. The van der Waals surface area contributed by atoms with Crippen molar-refractivity contribution < 1.29 is 0 Å². The van der Waals surface area contributed by atoms with Crippen molar-refractivity contribution >= 4 is 5.82 Å². The molecule has 100 valence electrons. The van der Waals surface area contributed by atoms with Crippen LogP contribution in [0.25, 0.3) is 0 Å². The van der Waals surface area contributed by atoms with E-state index >= 15 is 0 Å². The Morgan fingerprint density at radius 1 is 1.15 bits per heavy atom. The third-order valence-corrected chi connectivity index (χ3v) is 3.96. The van der Waals surface area contributed by atoms with Gasteiger partial charge in [-0.1, -0.05) is 36.4 Å². The van der Waals surface area contributed by atoms with Gasteiger partial charge in [-0.15, -0.1) is 0 Å².